The summed E-state index contributed by atoms with van der Waals surface area (Å²) < 4.78 is 1.08. The van der Waals surface area contributed by atoms with E-state index in [1.807, 2.05) is 0 Å². The first-order chi connectivity index (χ1) is 13.0. The minimum absolute atomic E-state index is 0.0568. The summed E-state index contributed by atoms with van der Waals surface area (Å²) in [6.07, 6.45) is 0.713. The van der Waals surface area contributed by atoms with Crippen LogP contribution in [0.1, 0.15) is 15.9 Å². The molecular weight excluding hydrogens is 370 g/mol. The third kappa shape index (κ3) is 2.88. The third-order valence-electron chi connectivity index (χ3n) is 4.34. The molecule has 0 atom stereocenters. The van der Waals surface area contributed by atoms with Crippen LogP contribution < -0.4 is 16.5 Å². The number of hydrogen-bond donors (Lipinski definition) is 2. The van der Waals surface area contributed by atoms with Crippen molar-refractivity contribution in [1.29, 1.82) is 0 Å². The first kappa shape index (κ1) is 17.0. The summed E-state index contributed by atoms with van der Waals surface area (Å²) in [5, 5.41) is 2.95. The molecule has 0 aliphatic heterocycles. The molecule has 0 fully saturated rings. The van der Waals surface area contributed by atoms with Crippen LogP contribution in [0.25, 0.3) is 21.8 Å². The number of rotatable bonds is 3. The van der Waals surface area contributed by atoms with Gasteiger partial charge in [0, 0.05) is 16.0 Å². The third-order valence-corrected chi connectivity index (χ3v) is 4.58. The number of aromatic nitrogens is 3. The first-order valence-corrected chi connectivity index (χ1v) is 8.38. The lowest BCUT2D eigenvalue weighted by Gasteiger charge is -2.08. The van der Waals surface area contributed by atoms with Gasteiger partial charge in [-0.3, -0.25) is 24.3 Å². The summed E-state index contributed by atoms with van der Waals surface area (Å²) >= 11 is 5.93. The number of pyridine rings is 1. The van der Waals surface area contributed by atoms with Gasteiger partial charge in [0.15, 0.2) is 0 Å². The van der Waals surface area contributed by atoms with E-state index in [1.165, 1.54) is 12.1 Å². The summed E-state index contributed by atoms with van der Waals surface area (Å²) in [7, 11) is 0. The Morgan fingerprint density at radius 1 is 1.04 bits per heavy atom. The van der Waals surface area contributed by atoms with E-state index in [0.717, 1.165) is 4.68 Å². The number of benzene rings is 2. The molecule has 0 saturated carbocycles. The second-order valence-corrected chi connectivity index (χ2v) is 6.52. The molecule has 0 aliphatic carbocycles. The quantitative estimate of drug-likeness (QED) is 0.418. The molecule has 4 rings (SSSR count). The number of halogens is 1. The van der Waals surface area contributed by atoms with Crippen LogP contribution in [0.5, 0.6) is 0 Å². The van der Waals surface area contributed by atoms with Crippen LogP contribution in [0.3, 0.4) is 0 Å². The maximum Gasteiger partial charge on any atom is 0.287 e. The average molecular weight is 382 g/mol. The minimum atomic E-state index is -0.609. The average Bonchev–Trinajstić information content (AvgIpc) is 2.66. The molecule has 0 spiro atoms. The van der Waals surface area contributed by atoms with E-state index in [2.05, 4.69) is 10.1 Å². The van der Waals surface area contributed by atoms with E-state index >= 15 is 0 Å². The number of nitrogens with one attached hydrogen (secondary N) is 2. The normalized spacial score (nSPS) is 11.1. The van der Waals surface area contributed by atoms with E-state index < -0.39 is 16.5 Å². The molecule has 7 nitrogen and oxygen atoms in total. The van der Waals surface area contributed by atoms with Gasteiger partial charge in [-0.2, -0.15) is 0 Å². The van der Waals surface area contributed by atoms with E-state index in [9.17, 15) is 19.2 Å². The Bertz CT molecular complexity index is 1380. The summed E-state index contributed by atoms with van der Waals surface area (Å²) in [6.45, 7) is 0.0568. The lowest BCUT2D eigenvalue weighted by molar-refractivity contribution is 0.112. The Kier molecular flexibility index (Phi) is 4.01. The predicted molar refractivity (Wildman–Crippen MR) is 103 cm³/mol. The second kappa shape index (κ2) is 6.37. The van der Waals surface area contributed by atoms with Crippen LogP contribution >= 0.6 is 11.6 Å². The van der Waals surface area contributed by atoms with Crippen LogP contribution in [0, 0.1) is 0 Å². The van der Waals surface area contributed by atoms with Gasteiger partial charge in [0.05, 0.1) is 12.1 Å². The molecule has 2 N–H and O–H groups in total. The number of aldehydes is 1. The monoisotopic (exact) mass is 381 g/mol. The maximum absolute atomic E-state index is 12.8. The fourth-order valence-corrected chi connectivity index (χ4v) is 3.17. The van der Waals surface area contributed by atoms with Crippen LogP contribution in [-0.4, -0.2) is 21.1 Å². The summed E-state index contributed by atoms with van der Waals surface area (Å²) in [4.78, 5) is 51.6. The van der Waals surface area contributed by atoms with E-state index in [4.69, 9.17) is 11.6 Å². The second-order valence-electron chi connectivity index (χ2n) is 6.09. The highest BCUT2D eigenvalue weighted by Crippen LogP contribution is 2.16. The van der Waals surface area contributed by atoms with Gasteiger partial charge in [0.25, 0.3) is 11.1 Å². The van der Waals surface area contributed by atoms with Crippen molar-refractivity contribution in [3.63, 3.8) is 0 Å². The molecule has 2 aromatic heterocycles. The summed E-state index contributed by atoms with van der Waals surface area (Å²) in [5.74, 6) is 0. The van der Waals surface area contributed by atoms with E-state index in [0.29, 0.717) is 28.0 Å². The van der Waals surface area contributed by atoms with Gasteiger partial charge in [-0.1, -0.05) is 35.9 Å². The van der Waals surface area contributed by atoms with Crippen molar-refractivity contribution < 1.29 is 4.79 Å². The lowest BCUT2D eigenvalue weighted by Crippen LogP contribution is -2.34. The number of carbonyl (C=O) groups is 1. The molecule has 2 heterocycles. The summed E-state index contributed by atoms with van der Waals surface area (Å²) in [5.41, 5.74) is -0.243. The number of H-pyrrole nitrogens is 2. The van der Waals surface area contributed by atoms with Gasteiger partial charge in [0.1, 0.15) is 17.2 Å². The molecule has 27 heavy (non-hydrogen) atoms. The molecular formula is C19H12ClN3O4. The number of hydrogen-bond acceptors (Lipinski definition) is 4. The predicted octanol–water partition coefficient (Wildman–Crippen LogP) is 2.05. The largest absolute Gasteiger partial charge is 0.350 e. The SMILES string of the molecule is O=Cc1ccc(Cn2[nH]c(=O)c3[nH]c4cc(Cl)ccc4c(=O)c3c2=O)cc1. The zero-order valence-corrected chi connectivity index (χ0v) is 14.5. The Hall–Kier alpha value is -3.45. The summed E-state index contributed by atoms with van der Waals surface area (Å²) in [6, 6.07) is 11.1. The van der Waals surface area contributed by atoms with Crippen LogP contribution in [0.4, 0.5) is 0 Å². The Morgan fingerprint density at radius 3 is 2.48 bits per heavy atom. The van der Waals surface area contributed by atoms with Crippen molar-refractivity contribution in [1.82, 2.24) is 14.8 Å². The van der Waals surface area contributed by atoms with Crippen molar-refractivity contribution in [2.45, 2.75) is 6.54 Å². The smallest absolute Gasteiger partial charge is 0.287 e. The van der Waals surface area contributed by atoms with Crippen molar-refractivity contribution >= 4 is 39.7 Å². The standard InChI is InChI=1S/C19H12ClN3O4/c20-12-5-6-13-14(7-12)21-16-15(17(13)25)19(27)23(22-18(16)26)8-10-1-3-11(9-24)4-2-10/h1-7,9H,8H2,(H,21,25)(H,22,26). The fourth-order valence-electron chi connectivity index (χ4n) is 3.00. The molecule has 8 heteroatoms. The lowest BCUT2D eigenvalue weighted by atomic mass is 10.1. The van der Waals surface area contributed by atoms with E-state index in [-0.39, 0.29) is 22.8 Å². The molecule has 0 saturated heterocycles. The minimum Gasteiger partial charge on any atom is -0.350 e. The molecule has 0 bridgehead atoms. The van der Waals surface area contributed by atoms with Gasteiger partial charge < -0.3 is 4.98 Å². The molecule has 0 unspecified atom stereocenters. The number of nitrogens with zero attached hydrogens (tertiary/aromatic N) is 1. The molecule has 0 radical (unpaired) electrons. The van der Waals surface area contributed by atoms with Gasteiger partial charge in [-0.25, -0.2) is 4.68 Å². The van der Waals surface area contributed by atoms with Crippen molar-refractivity contribution in [2.24, 2.45) is 0 Å². The van der Waals surface area contributed by atoms with E-state index in [1.54, 1.807) is 30.3 Å². The number of aromatic amines is 2. The highest BCUT2D eigenvalue weighted by atomic mass is 35.5. The Labute approximate surface area is 155 Å². The van der Waals surface area contributed by atoms with Crippen LogP contribution in [0.2, 0.25) is 5.02 Å². The van der Waals surface area contributed by atoms with Crippen LogP contribution in [0.15, 0.2) is 56.8 Å². The van der Waals surface area contributed by atoms with Gasteiger partial charge >= 0.3 is 0 Å². The fraction of sp³-hybridized carbons (Fsp3) is 0.0526. The van der Waals surface area contributed by atoms with Crippen molar-refractivity contribution in [2.75, 3.05) is 0 Å². The van der Waals surface area contributed by atoms with Crippen LogP contribution in [-0.2, 0) is 6.54 Å². The molecule has 4 aromatic rings. The molecule has 0 amide bonds. The first-order valence-electron chi connectivity index (χ1n) is 8.00. The van der Waals surface area contributed by atoms with Crippen molar-refractivity contribution in [3.8, 4) is 0 Å². The zero-order valence-electron chi connectivity index (χ0n) is 13.8. The topological polar surface area (TPSA) is 105 Å². The van der Waals surface area contributed by atoms with Gasteiger partial charge in [-0.15, -0.1) is 0 Å². The molecule has 134 valence electrons. The Balaban J connectivity index is 1.95. The Morgan fingerprint density at radius 2 is 1.78 bits per heavy atom. The highest BCUT2D eigenvalue weighted by Gasteiger charge is 2.14. The van der Waals surface area contributed by atoms with Gasteiger partial charge in [-0.05, 0) is 23.8 Å². The number of carbonyl (C=O) groups excluding carboxylic acids is 1. The molecule has 0 aliphatic rings. The number of fused-ring (bicyclic) bond motifs is 2. The highest BCUT2D eigenvalue weighted by molar-refractivity contribution is 6.31. The van der Waals surface area contributed by atoms with Crippen molar-refractivity contribution in [3.05, 3.63) is 89.5 Å². The molecule has 2 aromatic carbocycles. The maximum atomic E-state index is 12.8. The van der Waals surface area contributed by atoms with Gasteiger partial charge in [0.2, 0.25) is 5.43 Å². The zero-order chi connectivity index (χ0) is 19.1.